The number of phenolic OH excluding ortho intramolecular Hbond substituents is 2. The molecule has 1 aromatic carbocycles. The number of hydrogen-bond donors (Lipinski definition) is 3. The summed E-state index contributed by atoms with van der Waals surface area (Å²) in [5.74, 6) is -0.891. The van der Waals surface area contributed by atoms with Gasteiger partial charge >= 0.3 is 0 Å². The van der Waals surface area contributed by atoms with Crippen molar-refractivity contribution in [1.29, 1.82) is 0 Å². The first kappa shape index (κ1) is 15.4. The van der Waals surface area contributed by atoms with Crippen LogP contribution in [0.25, 0.3) is 4.96 Å². The van der Waals surface area contributed by atoms with E-state index in [0.717, 1.165) is 4.34 Å². The zero-order chi connectivity index (χ0) is 16.6. The van der Waals surface area contributed by atoms with Crippen LogP contribution in [-0.4, -0.2) is 44.1 Å². The van der Waals surface area contributed by atoms with Crippen molar-refractivity contribution < 1.29 is 19.7 Å². The molecule has 0 aliphatic carbocycles. The van der Waals surface area contributed by atoms with E-state index in [9.17, 15) is 15.0 Å². The maximum Gasteiger partial charge on any atom is 0.276 e. The first-order valence-electron chi connectivity index (χ1n) is 6.33. The number of ether oxygens (including phenoxy) is 1. The highest BCUT2D eigenvalue weighted by Crippen LogP contribution is 2.37. The van der Waals surface area contributed by atoms with Gasteiger partial charge in [0.05, 0.1) is 13.3 Å². The number of aromatic nitrogens is 3. The Hall–Kier alpha value is -2.46. The number of nitrogens with zero attached hydrogens (tertiary/aromatic N) is 3. The molecule has 3 N–H and O–H groups in total. The van der Waals surface area contributed by atoms with Gasteiger partial charge in [0, 0.05) is 12.1 Å². The number of benzene rings is 1. The van der Waals surface area contributed by atoms with Crippen LogP contribution in [0, 0.1) is 0 Å². The number of thioether (sulfide) groups is 1. The molecule has 0 bridgehead atoms. The quantitative estimate of drug-likeness (QED) is 0.488. The summed E-state index contributed by atoms with van der Waals surface area (Å²) < 4.78 is 7.12. The summed E-state index contributed by atoms with van der Waals surface area (Å²) in [6.07, 6.45) is 3.27. The van der Waals surface area contributed by atoms with Gasteiger partial charge in [0.15, 0.2) is 10.0 Å². The number of aromatic hydroxyl groups is 2. The van der Waals surface area contributed by atoms with Crippen molar-refractivity contribution in [3.63, 3.8) is 0 Å². The summed E-state index contributed by atoms with van der Waals surface area (Å²) in [4.78, 5) is 17.1. The molecule has 2 aromatic heterocycles. The van der Waals surface area contributed by atoms with Crippen LogP contribution in [0.2, 0.25) is 0 Å². The second-order valence-electron chi connectivity index (χ2n) is 4.40. The van der Waals surface area contributed by atoms with Gasteiger partial charge in [0.1, 0.15) is 22.9 Å². The lowest BCUT2D eigenvalue weighted by molar-refractivity contribution is 0.101. The molecule has 0 unspecified atom stereocenters. The SMILES string of the molecule is COc1cc(O)c(NC(=O)c2cnc3sc(SC)nn23)c(O)c1. The Morgan fingerprint density at radius 1 is 1.39 bits per heavy atom. The maximum absolute atomic E-state index is 12.4. The summed E-state index contributed by atoms with van der Waals surface area (Å²) >= 11 is 2.81. The summed E-state index contributed by atoms with van der Waals surface area (Å²) in [5.41, 5.74) is 0.0947. The molecule has 0 aliphatic rings. The largest absolute Gasteiger partial charge is 0.505 e. The molecule has 0 aliphatic heterocycles. The Balaban J connectivity index is 1.93. The van der Waals surface area contributed by atoms with Crippen molar-refractivity contribution in [2.75, 3.05) is 18.7 Å². The molecule has 8 nitrogen and oxygen atoms in total. The van der Waals surface area contributed by atoms with Crippen LogP contribution in [-0.2, 0) is 0 Å². The number of imidazole rings is 1. The highest BCUT2D eigenvalue weighted by Gasteiger charge is 2.19. The molecule has 10 heteroatoms. The molecular formula is C13H12N4O4S2. The van der Waals surface area contributed by atoms with Crippen molar-refractivity contribution in [3.8, 4) is 17.2 Å². The minimum absolute atomic E-state index is 0.105. The number of carbonyl (C=O) groups excluding carboxylic acids is 1. The second-order valence-corrected chi connectivity index (χ2v) is 6.41. The monoisotopic (exact) mass is 352 g/mol. The zero-order valence-electron chi connectivity index (χ0n) is 12.1. The topological polar surface area (TPSA) is 109 Å². The standard InChI is InChI=1S/C13H12N4O4S2/c1-21-6-3-8(18)10(9(19)4-6)15-11(20)7-5-14-12-17(7)16-13(22-2)23-12/h3-5,18-19H,1-2H3,(H,15,20). The van der Waals surface area contributed by atoms with Crippen LogP contribution in [0.5, 0.6) is 17.2 Å². The van der Waals surface area contributed by atoms with Crippen molar-refractivity contribution in [3.05, 3.63) is 24.0 Å². The molecule has 0 radical (unpaired) electrons. The predicted octanol–water partition coefficient (Wildman–Crippen LogP) is 2.18. The van der Waals surface area contributed by atoms with Gasteiger partial charge in [-0.15, -0.1) is 5.10 Å². The third-order valence-electron chi connectivity index (χ3n) is 3.02. The van der Waals surface area contributed by atoms with E-state index >= 15 is 0 Å². The van der Waals surface area contributed by atoms with Gasteiger partial charge < -0.3 is 20.3 Å². The molecule has 23 heavy (non-hydrogen) atoms. The van der Waals surface area contributed by atoms with Gasteiger partial charge in [-0.3, -0.25) is 4.79 Å². The summed E-state index contributed by atoms with van der Waals surface area (Å²) in [7, 11) is 1.40. The van der Waals surface area contributed by atoms with Crippen molar-refractivity contribution in [2.24, 2.45) is 0 Å². The fourth-order valence-corrected chi connectivity index (χ4v) is 3.25. The van der Waals surface area contributed by atoms with Gasteiger partial charge in [0.25, 0.3) is 5.91 Å². The van der Waals surface area contributed by atoms with Crippen LogP contribution < -0.4 is 10.1 Å². The number of hydrogen-bond acceptors (Lipinski definition) is 8. The highest BCUT2D eigenvalue weighted by atomic mass is 32.2. The van der Waals surface area contributed by atoms with Crippen LogP contribution in [0.4, 0.5) is 5.69 Å². The van der Waals surface area contributed by atoms with E-state index in [1.165, 1.54) is 53.1 Å². The second kappa shape index (κ2) is 5.97. The number of amides is 1. The third-order valence-corrected chi connectivity index (χ3v) is 4.92. The summed E-state index contributed by atoms with van der Waals surface area (Å²) in [6.45, 7) is 0. The van der Waals surface area contributed by atoms with Crippen molar-refractivity contribution in [1.82, 2.24) is 14.6 Å². The number of phenols is 2. The van der Waals surface area contributed by atoms with E-state index in [2.05, 4.69) is 15.4 Å². The van der Waals surface area contributed by atoms with Crippen molar-refractivity contribution in [2.45, 2.75) is 4.34 Å². The molecule has 0 saturated carbocycles. The first-order valence-corrected chi connectivity index (χ1v) is 8.37. The zero-order valence-corrected chi connectivity index (χ0v) is 13.7. The molecule has 0 atom stereocenters. The fourth-order valence-electron chi connectivity index (χ4n) is 1.92. The van der Waals surface area contributed by atoms with Crippen LogP contribution in [0.1, 0.15) is 10.5 Å². The number of fused-ring (bicyclic) bond motifs is 1. The van der Waals surface area contributed by atoms with E-state index in [-0.39, 0.29) is 28.6 Å². The Morgan fingerprint density at radius 2 is 2.09 bits per heavy atom. The molecule has 0 spiro atoms. The normalized spacial score (nSPS) is 10.9. The Morgan fingerprint density at radius 3 is 2.70 bits per heavy atom. The Bertz CT molecular complexity index is 866. The molecule has 3 rings (SSSR count). The number of carbonyl (C=O) groups is 1. The van der Waals surface area contributed by atoms with Gasteiger partial charge in [-0.25, -0.2) is 4.98 Å². The number of rotatable bonds is 4. The smallest absolute Gasteiger partial charge is 0.276 e. The number of methoxy groups -OCH3 is 1. The van der Waals surface area contributed by atoms with E-state index in [1.54, 1.807) is 0 Å². The lowest BCUT2D eigenvalue weighted by atomic mass is 10.2. The van der Waals surface area contributed by atoms with E-state index in [0.29, 0.717) is 4.96 Å². The minimum atomic E-state index is -0.550. The fraction of sp³-hybridized carbons (Fsp3) is 0.154. The van der Waals surface area contributed by atoms with Crippen LogP contribution >= 0.6 is 23.1 Å². The molecule has 0 fully saturated rings. The van der Waals surface area contributed by atoms with Gasteiger partial charge in [-0.05, 0) is 6.26 Å². The van der Waals surface area contributed by atoms with Gasteiger partial charge in [-0.2, -0.15) is 4.52 Å². The lowest BCUT2D eigenvalue weighted by Gasteiger charge is -2.10. The van der Waals surface area contributed by atoms with Crippen LogP contribution in [0.15, 0.2) is 22.7 Å². The Labute approximate surface area is 138 Å². The summed E-state index contributed by atoms with van der Waals surface area (Å²) in [5, 5.41) is 26.5. The van der Waals surface area contributed by atoms with Gasteiger partial charge in [0.2, 0.25) is 4.96 Å². The Kier molecular flexibility index (Phi) is 4.01. The summed E-state index contributed by atoms with van der Waals surface area (Å²) in [6, 6.07) is 2.58. The van der Waals surface area contributed by atoms with E-state index in [4.69, 9.17) is 4.74 Å². The average molecular weight is 352 g/mol. The van der Waals surface area contributed by atoms with E-state index < -0.39 is 5.91 Å². The lowest BCUT2D eigenvalue weighted by Crippen LogP contribution is -2.15. The van der Waals surface area contributed by atoms with Gasteiger partial charge in [-0.1, -0.05) is 23.1 Å². The molecule has 1 amide bonds. The predicted molar refractivity (Wildman–Crippen MR) is 86.9 cm³/mol. The van der Waals surface area contributed by atoms with Crippen LogP contribution in [0.3, 0.4) is 0 Å². The molecule has 3 aromatic rings. The average Bonchev–Trinajstić information content (AvgIpc) is 3.10. The molecule has 120 valence electrons. The first-order chi connectivity index (χ1) is 11.0. The van der Waals surface area contributed by atoms with Crippen molar-refractivity contribution >= 4 is 39.7 Å². The molecular weight excluding hydrogens is 340 g/mol. The van der Waals surface area contributed by atoms with E-state index in [1.807, 2.05) is 6.26 Å². The third kappa shape index (κ3) is 2.78. The minimum Gasteiger partial charge on any atom is -0.505 e. The number of nitrogens with one attached hydrogen (secondary N) is 1. The molecule has 2 heterocycles. The number of anilines is 1. The maximum atomic E-state index is 12.4. The molecule has 0 saturated heterocycles. The highest BCUT2D eigenvalue weighted by molar-refractivity contribution is 8.00.